The standard InChI is InChI=1S/C23H35N3O2S/c1-17-20(16-26-11-13-29-14-12-26)9-6-10-21(17)25-23(28)18(2)24-22(27)15-19-7-4-3-5-8-19/h6,9-10,18-19H,3-5,7-8,11-16H2,1-2H3,(H,24,27)(H,25,28). The average Bonchev–Trinajstić information content (AvgIpc) is 2.72. The maximum Gasteiger partial charge on any atom is 0.246 e. The van der Waals surface area contributed by atoms with Crippen LogP contribution in [0.5, 0.6) is 0 Å². The normalized spacial score (nSPS) is 19.5. The van der Waals surface area contributed by atoms with E-state index >= 15 is 0 Å². The molecule has 1 aliphatic heterocycles. The first kappa shape index (κ1) is 22.2. The lowest BCUT2D eigenvalue weighted by Crippen LogP contribution is -2.42. The maximum absolute atomic E-state index is 12.7. The third kappa shape index (κ3) is 6.75. The van der Waals surface area contributed by atoms with E-state index in [1.54, 1.807) is 6.92 Å². The molecule has 2 N–H and O–H groups in total. The number of rotatable bonds is 7. The summed E-state index contributed by atoms with van der Waals surface area (Å²) in [6.07, 6.45) is 6.54. The van der Waals surface area contributed by atoms with Crippen molar-refractivity contribution in [3.63, 3.8) is 0 Å². The fourth-order valence-electron chi connectivity index (χ4n) is 4.25. The van der Waals surface area contributed by atoms with Crippen LogP contribution in [0, 0.1) is 12.8 Å². The van der Waals surface area contributed by atoms with Crippen LogP contribution in [0.1, 0.15) is 56.6 Å². The molecular formula is C23H35N3O2S. The van der Waals surface area contributed by atoms with Gasteiger partial charge in [-0.3, -0.25) is 14.5 Å². The molecule has 0 aromatic heterocycles. The number of nitrogens with zero attached hydrogens (tertiary/aromatic N) is 1. The molecule has 0 spiro atoms. The number of carbonyl (C=O) groups is 2. The summed E-state index contributed by atoms with van der Waals surface area (Å²) in [6.45, 7) is 6.98. The van der Waals surface area contributed by atoms with E-state index in [1.807, 2.05) is 23.9 Å². The fourth-order valence-corrected chi connectivity index (χ4v) is 5.23. The molecule has 160 valence electrons. The minimum absolute atomic E-state index is 0.00649. The Kier molecular flexibility index (Phi) is 8.42. The van der Waals surface area contributed by atoms with Gasteiger partial charge in [0, 0.05) is 43.2 Å². The first-order valence-electron chi connectivity index (χ1n) is 11.0. The van der Waals surface area contributed by atoms with Gasteiger partial charge < -0.3 is 10.6 Å². The molecule has 0 bridgehead atoms. The Balaban J connectivity index is 1.52. The summed E-state index contributed by atoms with van der Waals surface area (Å²) in [5.41, 5.74) is 3.20. The molecule has 29 heavy (non-hydrogen) atoms. The number of amides is 2. The second-order valence-electron chi connectivity index (χ2n) is 8.46. The summed E-state index contributed by atoms with van der Waals surface area (Å²) in [7, 11) is 0. The number of thioether (sulfide) groups is 1. The molecule has 2 fully saturated rings. The lowest BCUT2D eigenvalue weighted by atomic mass is 9.87. The van der Waals surface area contributed by atoms with E-state index < -0.39 is 6.04 Å². The average molecular weight is 418 g/mol. The smallest absolute Gasteiger partial charge is 0.246 e. The fraction of sp³-hybridized carbons (Fsp3) is 0.652. The van der Waals surface area contributed by atoms with Crippen LogP contribution in [0.3, 0.4) is 0 Å². The van der Waals surface area contributed by atoms with E-state index in [0.29, 0.717) is 12.3 Å². The minimum atomic E-state index is -0.534. The Labute approximate surface area is 179 Å². The van der Waals surface area contributed by atoms with Crippen LogP contribution in [0.15, 0.2) is 18.2 Å². The molecule has 0 radical (unpaired) electrons. The molecule has 1 unspecified atom stereocenters. The monoisotopic (exact) mass is 417 g/mol. The molecule has 1 aromatic rings. The van der Waals surface area contributed by atoms with Gasteiger partial charge in [0.1, 0.15) is 6.04 Å². The first-order chi connectivity index (χ1) is 14.0. The van der Waals surface area contributed by atoms with Gasteiger partial charge in [0.05, 0.1) is 0 Å². The molecule has 1 atom stereocenters. The second-order valence-corrected chi connectivity index (χ2v) is 9.69. The highest BCUT2D eigenvalue weighted by Crippen LogP contribution is 2.26. The number of anilines is 1. The van der Waals surface area contributed by atoms with Gasteiger partial charge in [-0.2, -0.15) is 11.8 Å². The van der Waals surface area contributed by atoms with Gasteiger partial charge in [-0.1, -0.05) is 31.4 Å². The van der Waals surface area contributed by atoms with Crippen molar-refractivity contribution in [1.29, 1.82) is 0 Å². The molecule has 1 heterocycles. The number of nitrogens with one attached hydrogen (secondary N) is 2. The summed E-state index contributed by atoms with van der Waals surface area (Å²) >= 11 is 2.01. The summed E-state index contributed by atoms with van der Waals surface area (Å²) in [5, 5.41) is 5.91. The van der Waals surface area contributed by atoms with Crippen LogP contribution in [-0.4, -0.2) is 47.4 Å². The minimum Gasteiger partial charge on any atom is -0.345 e. The Morgan fingerprint density at radius 1 is 1.17 bits per heavy atom. The van der Waals surface area contributed by atoms with Gasteiger partial charge in [-0.15, -0.1) is 0 Å². The maximum atomic E-state index is 12.7. The van der Waals surface area contributed by atoms with Gasteiger partial charge in [0.2, 0.25) is 11.8 Å². The molecule has 1 aliphatic carbocycles. The van der Waals surface area contributed by atoms with E-state index in [1.165, 1.54) is 36.3 Å². The molecule has 1 saturated heterocycles. The zero-order valence-corrected chi connectivity index (χ0v) is 18.7. The highest BCUT2D eigenvalue weighted by atomic mass is 32.2. The van der Waals surface area contributed by atoms with Crippen LogP contribution in [-0.2, 0) is 16.1 Å². The van der Waals surface area contributed by atoms with Crippen LogP contribution in [0.25, 0.3) is 0 Å². The molecule has 1 saturated carbocycles. The second kappa shape index (κ2) is 11.0. The van der Waals surface area contributed by atoms with E-state index in [9.17, 15) is 9.59 Å². The zero-order chi connectivity index (χ0) is 20.6. The number of carbonyl (C=O) groups excluding carboxylic acids is 2. The van der Waals surface area contributed by atoms with Gasteiger partial charge in [-0.05, 0) is 49.8 Å². The van der Waals surface area contributed by atoms with Crippen molar-refractivity contribution in [2.45, 2.75) is 65.0 Å². The van der Waals surface area contributed by atoms with Crippen molar-refractivity contribution < 1.29 is 9.59 Å². The summed E-state index contributed by atoms with van der Waals surface area (Å²) in [5.74, 6) is 2.69. The summed E-state index contributed by atoms with van der Waals surface area (Å²) in [4.78, 5) is 27.4. The third-order valence-corrected chi connectivity index (χ3v) is 7.11. The highest BCUT2D eigenvalue weighted by Gasteiger charge is 2.21. The van der Waals surface area contributed by atoms with E-state index in [2.05, 4.69) is 28.5 Å². The van der Waals surface area contributed by atoms with Crippen molar-refractivity contribution in [2.75, 3.05) is 29.9 Å². The van der Waals surface area contributed by atoms with Crippen molar-refractivity contribution in [3.05, 3.63) is 29.3 Å². The molecule has 3 rings (SSSR count). The zero-order valence-electron chi connectivity index (χ0n) is 17.8. The van der Waals surface area contributed by atoms with Crippen LogP contribution >= 0.6 is 11.8 Å². The van der Waals surface area contributed by atoms with Crippen molar-refractivity contribution in [3.8, 4) is 0 Å². The predicted octanol–water partition coefficient (Wildman–Crippen LogP) is 3.96. The third-order valence-electron chi connectivity index (χ3n) is 6.17. The van der Waals surface area contributed by atoms with Crippen LogP contribution in [0.2, 0.25) is 0 Å². The molecule has 5 nitrogen and oxygen atoms in total. The molecule has 1 aromatic carbocycles. The lowest BCUT2D eigenvalue weighted by molar-refractivity contribution is -0.126. The first-order valence-corrected chi connectivity index (χ1v) is 12.2. The summed E-state index contributed by atoms with van der Waals surface area (Å²) < 4.78 is 0. The Morgan fingerprint density at radius 2 is 1.90 bits per heavy atom. The van der Waals surface area contributed by atoms with E-state index in [0.717, 1.165) is 43.7 Å². The summed E-state index contributed by atoms with van der Waals surface area (Å²) in [6, 6.07) is 5.55. The van der Waals surface area contributed by atoms with Gasteiger partial charge in [0.15, 0.2) is 0 Å². The topological polar surface area (TPSA) is 61.4 Å². The van der Waals surface area contributed by atoms with Crippen molar-refractivity contribution in [1.82, 2.24) is 10.2 Å². The van der Waals surface area contributed by atoms with Crippen LogP contribution < -0.4 is 10.6 Å². The van der Waals surface area contributed by atoms with Gasteiger partial charge >= 0.3 is 0 Å². The predicted molar refractivity (Wildman–Crippen MR) is 121 cm³/mol. The SMILES string of the molecule is Cc1c(CN2CCSCC2)cccc1NC(=O)C(C)NC(=O)CC1CCCCC1. The van der Waals surface area contributed by atoms with E-state index in [-0.39, 0.29) is 11.8 Å². The Bertz CT molecular complexity index is 697. The molecular weight excluding hydrogens is 382 g/mol. The number of hydrogen-bond donors (Lipinski definition) is 2. The number of hydrogen-bond acceptors (Lipinski definition) is 4. The number of benzene rings is 1. The lowest BCUT2D eigenvalue weighted by Gasteiger charge is -2.27. The molecule has 6 heteroatoms. The largest absolute Gasteiger partial charge is 0.345 e. The molecule has 2 aliphatic rings. The van der Waals surface area contributed by atoms with Crippen molar-refractivity contribution >= 4 is 29.3 Å². The van der Waals surface area contributed by atoms with E-state index in [4.69, 9.17) is 0 Å². The Morgan fingerprint density at radius 3 is 2.62 bits per heavy atom. The quantitative estimate of drug-likeness (QED) is 0.705. The highest BCUT2D eigenvalue weighted by molar-refractivity contribution is 7.99. The molecule has 2 amide bonds. The Hall–Kier alpha value is -1.53. The van der Waals surface area contributed by atoms with Gasteiger partial charge in [-0.25, -0.2) is 0 Å². The van der Waals surface area contributed by atoms with Gasteiger partial charge in [0.25, 0.3) is 0 Å². The van der Waals surface area contributed by atoms with Crippen molar-refractivity contribution in [2.24, 2.45) is 5.92 Å². The van der Waals surface area contributed by atoms with Crippen LogP contribution in [0.4, 0.5) is 5.69 Å².